The molecule has 1 aliphatic carbocycles. The van der Waals surface area contributed by atoms with Gasteiger partial charge < -0.3 is 15.4 Å². The van der Waals surface area contributed by atoms with Crippen molar-refractivity contribution < 1.29 is 14.3 Å². The average Bonchev–Trinajstić information content (AvgIpc) is 3.15. The minimum Gasteiger partial charge on any atom is -0.494 e. The first kappa shape index (κ1) is 13.4. The Hall–Kier alpha value is -2.04. The number of carbonyl (C=O) groups excluding carboxylic acids is 2. The number of carbonyl (C=O) groups is 2. The predicted octanol–water partition coefficient (Wildman–Crippen LogP) is 1.69. The lowest BCUT2D eigenvalue weighted by atomic mass is 10.3. The second-order valence-electron chi connectivity index (χ2n) is 4.52. The van der Waals surface area contributed by atoms with Crippen molar-refractivity contribution in [3.8, 4) is 5.75 Å². The van der Waals surface area contributed by atoms with Crippen molar-refractivity contribution in [2.45, 2.75) is 32.2 Å². The summed E-state index contributed by atoms with van der Waals surface area (Å²) < 4.78 is 5.30. The van der Waals surface area contributed by atoms with Crippen LogP contribution in [0.3, 0.4) is 0 Å². The van der Waals surface area contributed by atoms with Gasteiger partial charge in [-0.3, -0.25) is 9.59 Å². The van der Waals surface area contributed by atoms with E-state index in [1.165, 1.54) is 0 Å². The quantitative estimate of drug-likeness (QED) is 0.767. The molecule has 0 aromatic heterocycles. The van der Waals surface area contributed by atoms with E-state index in [4.69, 9.17) is 4.74 Å². The van der Waals surface area contributed by atoms with Gasteiger partial charge in [-0.05, 0) is 44.0 Å². The van der Waals surface area contributed by atoms with Gasteiger partial charge in [-0.1, -0.05) is 0 Å². The van der Waals surface area contributed by atoms with Crippen LogP contribution < -0.4 is 15.4 Å². The van der Waals surface area contributed by atoms with E-state index in [1.807, 2.05) is 6.92 Å². The summed E-state index contributed by atoms with van der Waals surface area (Å²) in [7, 11) is 0. The third-order valence-electron chi connectivity index (χ3n) is 2.71. The number of nitrogens with one attached hydrogen (secondary N) is 2. The second-order valence-corrected chi connectivity index (χ2v) is 4.52. The number of ether oxygens (including phenoxy) is 1. The molecular formula is C14H18N2O3. The summed E-state index contributed by atoms with van der Waals surface area (Å²) in [4.78, 5) is 23.1. The molecule has 0 unspecified atom stereocenters. The highest BCUT2D eigenvalue weighted by Gasteiger charge is 2.24. The van der Waals surface area contributed by atoms with Crippen LogP contribution in [0.1, 0.15) is 26.2 Å². The SMILES string of the molecule is CCOc1ccc(NC(=O)CC(=O)NC2CC2)cc1. The Labute approximate surface area is 112 Å². The van der Waals surface area contributed by atoms with E-state index < -0.39 is 0 Å². The molecule has 5 nitrogen and oxygen atoms in total. The zero-order chi connectivity index (χ0) is 13.7. The van der Waals surface area contributed by atoms with Crippen LogP contribution in [-0.4, -0.2) is 24.5 Å². The third-order valence-corrected chi connectivity index (χ3v) is 2.71. The first-order valence-electron chi connectivity index (χ1n) is 6.49. The first-order chi connectivity index (χ1) is 9.17. The predicted molar refractivity (Wildman–Crippen MR) is 72.0 cm³/mol. The maximum Gasteiger partial charge on any atom is 0.233 e. The summed E-state index contributed by atoms with van der Waals surface area (Å²) in [6.45, 7) is 2.52. The lowest BCUT2D eigenvalue weighted by Gasteiger charge is -2.07. The zero-order valence-corrected chi connectivity index (χ0v) is 10.9. The van der Waals surface area contributed by atoms with Gasteiger partial charge >= 0.3 is 0 Å². The molecule has 5 heteroatoms. The van der Waals surface area contributed by atoms with E-state index in [9.17, 15) is 9.59 Å². The highest BCUT2D eigenvalue weighted by atomic mass is 16.5. The molecule has 2 N–H and O–H groups in total. The fourth-order valence-corrected chi connectivity index (χ4v) is 1.66. The molecule has 1 saturated carbocycles. The smallest absolute Gasteiger partial charge is 0.233 e. The minimum absolute atomic E-state index is 0.135. The second kappa shape index (κ2) is 6.22. The van der Waals surface area contributed by atoms with Crippen molar-refractivity contribution in [3.63, 3.8) is 0 Å². The van der Waals surface area contributed by atoms with Gasteiger partial charge in [-0.2, -0.15) is 0 Å². The summed E-state index contributed by atoms with van der Waals surface area (Å²) in [5.74, 6) is 0.236. The number of benzene rings is 1. The van der Waals surface area contributed by atoms with E-state index in [1.54, 1.807) is 24.3 Å². The molecule has 0 bridgehead atoms. The fraction of sp³-hybridized carbons (Fsp3) is 0.429. The van der Waals surface area contributed by atoms with Crippen LogP contribution in [0.15, 0.2) is 24.3 Å². The molecule has 1 aliphatic rings. The first-order valence-corrected chi connectivity index (χ1v) is 6.49. The Bertz CT molecular complexity index is 452. The van der Waals surface area contributed by atoms with Gasteiger partial charge in [-0.15, -0.1) is 0 Å². The molecule has 2 amide bonds. The molecule has 0 radical (unpaired) electrons. The average molecular weight is 262 g/mol. The fourth-order valence-electron chi connectivity index (χ4n) is 1.66. The Kier molecular flexibility index (Phi) is 4.39. The van der Waals surface area contributed by atoms with Gasteiger partial charge in [0, 0.05) is 11.7 Å². The van der Waals surface area contributed by atoms with Crippen LogP contribution in [0.2, 0.25) is 0 Å². The third kappa shape index (κ3) is 4.62. The number of amides is 2. The van der Waals surface area contributed by atoms with Crippen molar-refractivity contribution in [2.75, 3.05) is 11.9 Å². The van der Waals surface area contributed by atoms with Crippen molar-refractivity contribution in [1.29, 1.82) is 0 Å². The Morgan fingerprint density at radius 3 is 2.47 bits per heavy atom. The van der Waals surface area contributed by atoms with Crippen molar-refractivity contribution in [1.82, 2.24) is 5.32 Å². The van der Waals surface area contributed by atoms with Gasteiger partial charge in [0.1, 0.15) is 12.2 Å². The van der Waals surface area contributed by atoms with E-state index >= 15 is 0 Å². The summed E-state index contributed by atoms with van der Waals surface area (Å²) >= 11 is 0. The topological polar surface area (TPSA) is 67.4 Å². The van der Waals surface area contributed by atoms with Crippen LogP contribution in [0.5, 0.6) is 5.75 Å². The number of rotatable bonds is 6. The molecule has 102 valence electrons. The molecule has 19 heavy (non-hydrogen) atoms. The molecule has 0 heterocycles. The maximum atomic E-state index is 11.6. The lowest BCUT2D eigenvalue weighted by molar-refractivity contribution is -0.126. The Morgan fingerprint density at radius 1 is 1.21 bits per heavy atom. The molecule has 0 atom stereocenters. The van der Waals surface area contributed by atoms with Crippen LogP contribution >= 0.6 is 0 Å². The summed E-state index contributed by atoms with van der Waals surface area (Å²) in [6.07, 6.45) is 1.90. The Morgan fingerprint density at radius 2 is 1.89 bits per heavy atom. The Balaban J connectivity index is 1.78. The molecule has 2 rings (SSSR count). The summed E-state index contributed by atoms with van der Waals surface area (Å²) in [6, 6.07) is 7.35. The molecule has 1 aromatic carbocycles. The van der Waals surface area contributed by atoms with Gasteiger partial charge in [-0.25, -0.2) is 0 Å². The minimum atomic E-state index is -0.303. The number of hydrogen-bond acceptors (Lipinski definition) is 3. The van der Waals surface area contributed by atoms with Crippen LogP contribution in [-0.2, 0) is 9.59 Å². The van der Waals surface area contributed by atoms with Crippen LogP contribution in [0.25, 0.3) is 0 Å². The molecule has 0 saturated heterocycles. The van der Waals surface area contributed by atoms with Gasteiger partial charge in [0.2, 0.25) is 11.8 Å². The number of hydrogen-bond donors (Lipinski definition) is 2. The highest BCUT2D eigenvalue weighted by molar-refractivity contribution is 6.03. The summed E-state index contributed by atoms with van der Waals surface area (Å²) in [5.41, 5.74) is 0.660. The van der Waals surface area contributed by atoms with E-state index in [2.05, 4.69) is 10.6 Å². The van der Waals surface area contributed by atoms with Gasteiger partial charge in [0.05, 0.1) is 6.61 Å². The molecule has 1 aromatic rings. The lowest BCUT2D eigenvalue weighted by Crippen LogP contribution is -2.29. The van der Waals surface area contributed by atoms with E-state index in [0.717, 1.165) is 18.6 Å². The van der Waals surface area contributed by atoms with E-state index in [-0.39, 0.29) is 24.3 Å². The standard InChI is InChI=1S/C14H18N2O3/c1-2-19-12-7-5-11(6-8-12)16-14(18)9-13(17)15-10-3-4-10/h5-8,10H,2-4,9H2,1H3,(H,15,17)(H,16,18). The van der Waals surface area contributed by atoms with Crippen molar-refractivity contribution >= 4 is 17.5 Å². The van der Waals surface area contributed by atoms with E-state index in [0.29, 0.717) is 12.3 Å². The highest BCUT2D eigenvalue weighted by Crippen LogP contribution is 2.19. The molecule has 1 fully saturated rings. The van der Waals surface area contributed by atoms with Gasteiger partial charge in [0.15, 0.2) is 0 Å². The van der Waals surface area contributed by atoms with Crippen LogP contribution in [0.4, 0.5) is 5.69 Å². The van der Waals surface area contributed by atoms with Gasteiger partial charge in [0.25, 0.3) is 0 Å². The molecular weight excluding hydrogens is 244 g/mol. The molecule has 0 spiro atoms. The monoisotopic (exact) mass is 262 g/mol. The van der Waals surface area contributed by atoms with Crippen molar-refractivity contribution in [2.24, 2.45) is 0 Å². The van der Waals surface area contributed by atoms with Crippen LogP contribution in [0, 0.1) is 0 Å². The largest absolute Gasteiger partial charge is 0.494 e. The molecule has 0 aliphatic heterocycles. The van der Waals surface area contributed by atoms with Crippen molar-refractivity contribution in [3.05, 3.63) is 24.3 Å². The number of anilines is 1. The zero-order valence-electron chi connectivity index (χ0n) is 10.9. The maximum absolute atomic E-state index is 11.6. The normalized spacial score (nSPS) is 13.7. The summed E-state index contributed by atoms with van der Waals surface area (Å²) in [5, 5.41) is 5.46.